The summed E-state index contributed by atoms with van der Waals surface area (Å²) in [5.41, 5.74) is -0.388. The van der Waals surface area contributed by atoms with Crippen LogP contribution in [0.15, 0.2) is 27.6 Å². The van der Waals surface area contributed by atoms with E-state index in [0.717, 1.165) is 0 Å². The van der Waals surface area contributed by atoms with Gasteiger partial charge in [-0.1, -0.05) is 15.9 Å². The molecule has 0 radical (unpaired) electrons. The van der Waals surface area contributed by atoms with Gasteiger partial charge < -0.3 is 0 Å². The Morgan fingerprint density at radius 2 is 1.95 bits per heavy atom. The minimum Gasteiger partial charge on any atom is -0.258 e. The Morgan fingerprint density at radius 3 is 2.53 bits per heavy atom. The molecule has 9 heteroatoms. The van der Waals surface area contributed by atoms with Crippen LogP contribution in [0.3, 0.4) is 0 Å². The number of benzene rings is 1. The highest BCUT2D eigenvalue weighted by Gasteiger charge is 2.32. The fourth-order valence-corrected chi connectivity index (χ4v) is 5.04. The van der Waals surface area contributed by atoms with Crippen molar-refractivity contribution in [1.82, 2.24) is 4.31 Å². The van der Waals surface area contributed by atoms with Crippen molar-refractivity contribution >= 4 is 43.4 Å². The highest BCUT2D eigenvalue weighted by Crippen LogP contribution is 2.30. The number of hydrogen-bond donors (Lipinski definition) is 0. The molecule has 1 aliphatic rings. The van der Waals surface area contributed by atoms with E-state index in [2.05, 4.69) is 15.9 Å². The van der Waals surface area contributed by atoms with Crippen LogP contribution in [0.2, 0.25) is 0 Å². The maximum atomic E-state index is 12.5. The van der Waals surface area contributed by atoms with Crippen LogP contribution >= 0.6 is 27.7 Å². The molecule has 0 unspecified atom stereocenters. The van der Waals surface area contributed by atoms with E-state index in [1.807, 2.05) is 0 Å². The van der Waals surface area contributed by atoms with Crippen molar-refractivity contribution in [2.75, 3.05) is 24.6 Å². The summed E-state index contributed by atoms with van der Waals surface area (Å²) in [7, 11) is -3.81. The molecule has 0 amide bonds. The third-order valence-corrected chi connectivity index (χ3v) is 6.07. The molecule has 1 aromatic carbocycles. The van der Waals surface area contributed by atoms with Crippen molar-refractivity contribution < 1.29 is 13.3 Å². The van der Waals surface area contributed by atoms with Crippen molar-refractivity contribution in [3.8, 4) is 0 Å². The summed E-state index contributed by atoms with van der Waals surface area (Å²) < 4.78 is 26.7. The van der Waals surface area contributed by atoms with Crippen LogP contribution in [0.4, 0.5) is 5.69 Å². The summed E-state index contributed by atoms with van der Waals surface area (Å²) in [6.07, 6.45) is 0. The van der Waals surface area contributed by atoms with Crippen LogP contribution in [0.1, 0.15) is 0 Å². The quantitative estimate of drug-likeness (QED) is 0.604. The number of sulfonamides is 1. The van der Waals surface area contributed by atoms with E-state index in [0.29, 0.717) is 29.1 Å². The van der Waals surface area contributed by atoms with Gasteiger partial charge in [0, 0.05) is 35.1 Å². The molecule has 1 saturated heterocycles. The lowest BCUT2D eigenvalue weighted by molar-refractivity contribution is -0.387. The van der Waals surface area contributed by atoms with E-state index in [1.165, 1.54) is 22.5 Å². The number of rotatable bonds is 3. The average molecular weight is 367 g/mol. The van der Waals surface area contributed by atoms with Gasteiger partial charge in [0.05, 0.1) is 4.92 Å². The second-order valence-electron chi connectivity index (χ2n) is 3.89. The predicted molar refractivity (Wildman–Crippen MR) is 76.9 cm³/mol. The molecule has 1 fully saturated rings. The zero-order valence-electron chi connectivity index (χ0n) is 9.78. The number of thioether (sulfide) groups is 1. The fourth-order valence-electron chi connectivity index (χ4n) is 1.77. The van der Waals surface area contributed by atoms with Crippen molar-refractivity contribution in [3.63, 3.8) is 0 Å². The summed E-state index contributed by atoms with van der Waals surface area (Å²) in [5.74, 6) is 1.42. The summed E-state index contributed by atoms with van der Waals surface area (Å²) >= 11 is 4.83. The first kappa shape index (κ1) is 14.8. The van der Waals surface area contributed by atoms with Gasteiger partial charge in [-0.15, -0.1) is 0 Å². The van der Waals surface area contributed by atoms with Gasteiger partial charge in [0.2, 0.25) is 10.0 Å². The largest absolute Gasteiger partial charge is 0.289 e. The first-order valence-corrected chi connectivity index (χ1v) is 8.83. The fraction of sp³-hybridized carbons (Fsp3) is 0.400. The molecule has 0 atom stereocenters. The Hall–Kier alpha value is -0.640. The van der Waals surface area contributed by atoms with Gasteiger partial charge in [0.25, 0.3) is 5.69 Å². The van der Waals surface area contributed by atoms with Gasteiger partial charge in [-0.25, -0.2) is 8.42 Å². The summed E-state index contributed by atoms with van der Waals surface area (Å²) in [6.45, 7) is 0.771. The Labute approximate surface area is 123 Å². The topological polar surface area (TPSA) is 80.5 Å². The zero-order chi connectivity index (χ0) is 14.0. The molecule has 0 N–H and O–H groups in total. The summed E-state index contributed by atoms with van der Waals surface area (Å²) in [4.78, 5) is 10.0. The summed E-state index contributed by atoms with van der Waals surface area (Å²) in [5, 5.41) is 11.0. The van der Waals surface area contributed by atoms with Gasteiger partial charge in [-0.2, -0.15) is 16.1 Å². The number of nitro groups is 1. The highest BCUT2D eigenvalue weighted by molar-refractivity contribution is 9.10. The maximum absolute atomic E-state index is 12.5. The van der Waals surface area contributed by atoms with Crippen molar-refractivity contribution in [1.29, 1.82) is 0 Å². The molecule has 1 aromatic rings. The Morgan fingerprint density at radius 1 is 1.32 bits per heavy atom. The average Bonchev–Trinajstić information content (AvgIpc) is 2.39. The molecule has 19 heavy (non-hydrogen) atoms. The third kappa shape index (κ3) is 3.10. The van der Waals surface area contributed by atoms with E-state index < -0.39 is 14.9 Å². The monoisotopic (exact) mass is 366 g/mol. The molecule has 1 aliphatic heterocycles. The summed E-state index contributed by atoms with van der Waals surface area (Å²) in [6, 6.07) is 3.95. The number of nitro benzene ring substituents is 1. The predicted octanol–water partition coefficient (Wildman–Crippen LogP) is 2.09. The van der Waals surface area contributed by atoms with Gasteiger partial charge in [0.15, 0.2) is 4.90 Å². The number of hydrogen-bond acceptors (Lipinski definition) is 5. The van der Waals surface area contributed by atoms with Crippen LogP contribution in [-0.4, -0.2) is 42.2 Å². The Bertz CT molecular complexity index is 600. The second kappa shape index (κ2) is 5.78. The Balaban J connectivity index is 2.49. The highest BCUT2D eigenvalue weighted by atomic mass is 79.9. The molecule has 0 aliphatic carbocycles. The molecule has 2 rings (SSSR count). The van der Waals surface area contributed by atoms with E-state index in [4.69, 9.17) is 0 Å². The van der Waals surface area contributed by atoms with E-state index in [9.17, 15) is 18.5 Å². The van der Waals surface area contributed by atoms with Crippen LogP contribution in [0, 0.1) is 10.1 Å². The van der Waals surface area contributed by atoms with Gasteiger partial charge in [0.1, 0.15) is 0 Å². The lowest BCUT2D eigenvalue weighted by Gasteiger charge is -2.25. The standard InChI is InChI=1S/C10H11BrN2O4S2/c11-8-1-2-9(13(14)15)10(7-8)19(16,17)12-3-5-18-6-4-12/h1-2,7H,3-6H2. The minimum absolute atomic E-state index is 0.251. The lowest BCUT2D eigenvalue weighted by Crippen LogP contribution is -2.38. The molecule has 0 spiro atoms. The molecule has 6 nitrogen and oxygen atoms in total. The molecule has 1 heterocycles. The smallest absolute Gasteiger partial charge is 0.258 e. The minimum atomic E-state index is -3.81. The van der Waals surface area contributed by atoms with Gasteiger partial charge >= 0.3 is 0 Å². The SMILES string of the molecule is O=[N+]([O-])c1ccc(Br)cc1S(=O)(=O)N1CCSCC1. The molecule has 0 bridgehead atoms. The van der Waals surface area contributed by atoms with Crippen LogP contribution in [-0.2, 0) is 10.0 Å². The molecule has 0 aromatic heterocycles. The molecular weight excluding hydrogens is 356 g/mol. The van der Waals surface area contributed by atoms with Crippen molar-refractivity contribution in [2.24, 2.45) is 0 Å². The second-order valence-corrected chi connectivity index (χ2v) is 7.93. The zero-order valence-corrected chi connectivity index (χ0v) is 13.0. The van der Waals surface area contributed by atoms with Crippen LogP contribution in [0.25, 0.3) is 0 Å². The van der Waals surface area contributed by atoms with Crippen LogP contribution in [0.5, 0.6) is 0 Å². The first-order valence-electron chi connectivity index (χ1n) is 5.45. The van der Waals surface area contributed by atoms with Crippen LogP contribution < -0.4 is 0 Å². The third-order valence-electron chi connectivity index (χ3n) is 2.71. The lowest BCUT2D eigenvalue weighted by atomic mass is 10.3. The van der Waals surface area contributed by atoms with Crippen molar-refractivity contribution in [2.45, 2.75) is 4.90 Å². The van der Waals surface area contributed by atoms with Gasteiger partial charge in [-0.3, -0.25) is 10.1 Å². The molecule has 104 valence electrons. The van der Waals surface area contributed by atoms with E-state index in [-0.39, 0.29) is 10.6 Å². The first-order chi connectivity index (χ1) is 8.93. The molecule has 0 saturated carbocycles. The maximum Gasteiger partial charge on any atom is 0.289 e. The Kier molecular flexibility index (Phi) is 4.49. The number of halogens is 1. The van der Waals surface area contributed by atoms with E-state index in [1.54, 1.807) is 11.8 Å². The number of nitrogens with zero attached hydrogens (tertiary/aromatic N) is 2. The van der Waals surface area contributed by atoms with Crippen molar-refractivity contribution in [3.05, 3.63) is 32.8 Å². The molecular formula is C10H11BrN2O4S2. The normalized spacial score (nSPS) is 17.3. The van der Waals surface area contributed by atoms with Gasteiger partial charge in [-0.05, 0) is 12.1 Å². The van der Waals surface area contributed by atoms with E-state index >= 15 is 0 Å².